The molecule has 0 N–H and O–H groups in total. The largest absolute Gasteiger partial charge is 0.372 e. The van der Waals surface area contributed by atoms with E-state index in [1.807, 2.05) is 0 Å². The van der Waals surface area contributed by atoms with Gasteiger partial charge in [0.1, 0.15) is 11.5 Å². The van der Waals surface area contributed by atoms with E-state index >= 15 is 0 Å². The van der Waals surface area contributed by atoms with Crippen molar-refractivity contribution in [2.75, 3.05) is 24.7 Å². The number of benzene rings is 6. The second-order valence-corrected chi connectivity index (χ2v) is 24.5. The number of rotatable bonds is 6. The van der Waals surface area contributed by atoms with Crippen LogP contribution in [0, 0.1) is 19.5 Å². The standard InChI is InChI=1S/C20H26I.C18H15S.C14H21OS.ClH2.2ClH/c1-19(2,3)15-7-11-17(12-8-15)21-18-13-9-16(10-14-18)20(4,5)6;1-4-10-16(11-5-1)19(17-12-6-2-7-13-17)18-14-8-3-9-15-18;1-14(2,3)12-4-6-13(7-5-12)16-10-8-15-9-11-16;;;/h7-14H,1-6H3;1-15H;4-7H,8-11H2,1-3H3;1H2;2*1H/q-1;3*+1;;. The first-order chi connectivity index (χ1) is 26.7. The summed E-state index contributed by atoms with van der Waals surface area (Å²) in [5, 5.41) is 0. The third-order valence-electron chi connectivity index (χ3n) is 9.58. The fourth-order valence-corrected chi connectivity index (χ4v) is 12.2. The van der Waals surface area contributed by atoms with Gasteiger partial charge in [-0.3, -0.25) is 0 Å². The van der Waals surface area contributed by atoms with Crippen LogP contribution in [0.4, 0.5) is 0 Å². The minimum atomic E-state index is -0.0703. The molecule has 6 aromatic rings. The van der Waals surface area contributed by atoms with Crippen molar-refractivity contribution in [3.63, 3.8) is 0 Å². The van der Waals surface area contributed by atoms with E-state index < -0.39 is 0 Å². The van der Waals surface area contributed by atoms with E-state index in [0.717, 1.165) is 13.2 Å². The second-order valence-electron chi connectivity index (χ2n) is 17.1. The van der Waals surface area contributed by atoms with Gasteiger partial charge in [-0.1, -0.05) is 87.5 Å². The van der Waals surface area contributed by atoms with Crippen molar-refractivity contribution >= 4 is 46.6 Å². The maximum absolute atomic E-state index is 5.41. The summed E-state index contributed by atoms with van der Waals surface area (Å²) in [5.41, 5.74) is 5.00. The molecular formula is C52H66Cl3IOS2+2. The molecule has 1 saturated heterocycles. The van der Waals surface area contributed by atoms with E-state index in [-0.39, 0.29) is 85.6 Å². The molecule has 7 rings (SSSR count). The van der Waals surface area contributed by atoms with Crippen LogP contribution in [0.5, 0.6) is 0 Å². The van der Waals surface area contributed by atoms with Crippen LogP contribution in [0.1, 0.15) is 79.0 Å². The summed E-state index contributed by atoms with van der Waals surface area (Å²) in [6.45, 7) is 22.3. The Labute approximate surface area is 392 Å². The van der Waals surface area contributed by atoms with Crippen molar-refractivity contribution in [2.24, 2.45) is 0 Å². The molecule has 6 aromatic carbocycles. The molecule has 0 bridgehead atoms. The van der Waals surface area contributed by atoms with Crippen molar-refractivity contribution in [1.82, 2.24) is 0 Å². The monoisotopic (exact) mass is 1000 g/mol. The molecule has 1 fully saturated rings. The van der Waals surface area contributed by atoms with Crippen LogP contribution in [0.3, 0.4) is 0 Å². The molecule has 59 heavy (non-hydrogen) atoms. The van der Waals surface area contributed by atoms with Crippen molar-refractivity contribution in [2.45, 2.75) is 98.1 Å². The smallest absolute Gasteiger partial charge is 0.166 e. The molecule has 318 valence electrons. The molecule has 0 spiro atoms. The summed E-state index contributed by atoms with van der Waals surface area (Å²) in [6, 6.07) is 59.8. The van der Waals surface area contributed by atoms with Crippen LogP contribution in [0.25, 0.3) is 0 Å². The predicted octanol–water partition coefficient (Wildman–Crippen LogP) is 10.5. The number of hydrogen-bond acceptors (Lipinski definition) is 1. The van der Waals surface area contributed by atoms with Gasteiger partial charge in [0.05, 0.1) is 36.5 Å². The first-order valence-electron chi connectivity index (χ1n) is 19.8. The molecule has 0 unspecified atom stereocenters. The van der Waals surface area contributed by atoms with E-state index in [1.54, 1.807) is 0 Å². The summed E-state index contributed by atoms with van der Waals surface area (Å²) in [7, 11) is 0.417. The molecule has 7 heteroatoms. The Morgan fingerprint density at radius 3 is 1.00 bits per heavy atom. The molecular weight excluding hydrogens is 938 g/mol. The molecule has 0 amide bonds. The van der Waals surface area contributed by atoms with E-state index in [2.05, 4.69) is 226 Å². The van der Waals surface area contributed by atoms with Gasteiger partial charge in [0.15, 0.2) is 19.6 Å². The summed E-state index contributed by atoms with van der Waals surface area (Å²) in [6.07, 6.45) is 0. The molecule has 0 aromatic heterocycles. The average molecular weight is 1000 g/mol. The van der Waals surface area contributed by atoms with E-state index in [4.69, 9.17) is 4.74 Å². The van der Waals surface area contributed by atoms with Gasteiger partial charge in [-0.25, -0.2) is 0 Å². The van der Waals surface area contributed by atoms with Gasteiger partial charge in [-0.2, -0.15) is 0 Å². The molecule has 1 aliphatic rings. The van der Waals surface area contributed by atoms with Crippen LogP contribution in [0.2, 0.25) is 0 Å². The van der Waals surface area contributed by atoms with Gasteiger partial charge in [-0.15, -0.1) is 24.8 Å². The van der Waals surface area contributed by atoms with Gasteiger partial charge in [-0.05, 0) is 59.5 Å². The summed E-state index contributed by atoms with van der Waals surface area (Å²) >= 11 is -0.0703. The minimum Gasteiger partial charge on any atom is -0.372 e. The van der Waals surface area contributed by atoms with Crippen LogP contribution in [0.15, 0.2) is 183 Å². The quantitative estimate of drug-likeness (QED) is 0.119. The van der Waals surface area contributed by atoms with Crippen LogP contribution >= 0.6 is 24.8 Å². The first-order valence-corrected chi connectivity index (χ1v) is 24.7. The van der Waals surface area contributed by atoms with Crippen molar-refractivity contribution in [3.8, 4) is 0 Å². The zero-order valence-electron chi connectivity index (χ0n) is 36.3. The maximum Gasteiger partial charge on any atom is 0.166 e. The molecule has 0 aliphatic carbocycles. The number of ether oxygens (including phenoxy) is 1. The number of halogens is 4. The Morgan fingerprint density at radius 2 is 0.712 bits per heavy atom. The molecule has 0 saturated carbocycles. The summed E-state index contributed by atoms with van der Waals surface area (Å²) < 4.78 is 8.39. The zero-order chi connectivity index (χ0) is 40.2. The van der Waals surface area contributed by atoms with Crippen molar-refractivity contribution in [3.05, 3.63) is 188 Å². The molecule has 1 nitrogen and oxygen atoms in total. The Kier molecular flexibility index (Phi) is 22.2. The first kappa shape index (κ1) is 52.7. The SMILES string of the molecule is CC(C)(C)c1ccc([I-]c2ccc(C(C)(C)C)cc2)cc1.CC(C)(C)c1ccc([S+]2CCOCC2)cc1.Cl.Cl.[ClH2+].c1ccc([S+](c2ccccc2)c2ccccc2)cc1. The summed E-state index contributed by atoms with van der Waals surface area (Å²) in [5.74, 6) is 2.41. The van der Waals surface area contributed by atoms with E-state index in [1.165, 1.54) is 54.9 Å². The van der Waals surface area contributed by atoms with Gasteiger partial charge in [0.25, 0.3) is 0 Å². The third kappa shape index (κ3) is 16.8. The van der Waals surface area contributed by atoms with Gasteiger partial charge in [0.2, 0.25) is 0 Å². The van der Waals surface area contributed by atoms with E-state index in [0.29, 0.717) is 10.9 Å². The molecule has 0 radical (unpaired) electrons. The Bertz CT molecular complexity index is 1870. The predicted molar refractivity (Wildman–Crippen MR) is 258 cm³/mol. The van der Waals surface area contributed by atoms with Gasteiger partial charge >= 0.3 is 140 Å². The molecule has 1 heterocycles. The molecule has 1 aliphatic heterocycles. The van der Waals surface area contributed by atoms with Crippen LogP contribution in [-0.4, -0.2) is 24.7 Å². The fourth-order valence-electron chi connectivity index (χ4n) is 6.14. The Hall–Kier alpha value is -2.42. The fraction of sp³-hybridized carbons (Fsp3) is 0.308. The second kappa shape index (κ2) is 24.9. The number of hydrogen-bond donors (Lipinski definition) is 0. The molecule has 0 atom stereocenters. The maximum atomic E-state index is 5.41. The van der Waals surface area contributed by atoms with Gasteiger partial charge in [0, 0.05) is 10.9 Å². The topological polar surface area (TPSA) is 9.23 Å². The Balaban J connectivity index is 0.000000300. The van der Waals surface area contributed by atoms with Crippen molar-refractivity contribution < 1.29 is 38.3 Å². The minimum absolute atomic E-state index is 0. The Morgan fingerprint density at radius 1 is 0.424 bits per heavy atom. The van der Waals surface area contributed by atoms with Crippen LogP contribution in [-0.2, 0) is 42.8 Å². The van der Waals surface area contributed by atoms with E-state index in [9.17, 15) is 0 Å². The zero-order valence-corrected chi connectivity index (χ0v) is 42.6. The average Bonchev–Trinajstić information content (AvgIpc) is 3.20. The van der Waals surface area contributed by atoms with Crippen molar-refractivity contribution in [1.29, 1.82) is 0 Å². The van der Waals surface area contributed by atoms with Gasteiger partial charge < -0.3 is 4.74 Å². The normalized spacial score (nSPS) is 13.0. The third-order valence-corrected chi connectivity index (χ3v) is 16.7. The van der Waals surface area contributed by atoms with Crippen LogP contribution < -0.4 is 21.2 Å². The summed E-state index contributed by atoms with van der Waals surface area (Å²) in [4.78, 5) is 5.59.